The molecule has 0 aliphatic rings. The quantitative estimate of drug-likeness (QED) is 0.600. The molecule has 1 aromatic carbocycles. The van der Waals surface area contributed by atoms with Crippen LogP contribution in [0.15, 0.2) is 23.1 Å². The topological polar surface area (TPSA) is 103 Å². The maximum Gasteiger partial charge on any atom is 0.275 e. The number of nitrogens with two attached hydrogens (primary N) is 1. The van der Waals surface area contributed by atoms with Crippen LogP contribution in [-0.4, -0.2) is 19.6 Å². The number of hydrogen-bond donors (Lipinski definition) is 1. The van der Waals surface area contributed by atoms with E-state index < -0.39 is 14.8 Å². The summed E-state index contributed by atoms with van der Waals surface area (Å²) in [6.07, 6.45) is 0.994. The number of nitro groups is 1. The van der Waals surface area contributed by atoms with Gasteiger partial charge in [0.05, 0.1) is 9.82 Å². The average molecular weight is 230 g/mol. The Balaban J connectivity index is 3.42. The summed E-state index contributed by atoms with van der Waals surface area (Å²) in [6.45, 7) is 0.000352. The lowest BCUT2D eigenvalue weighted by Gasteiger charge is -2.02. The van der Waals surface area contributed by atoms with Crippen molar-refractivity contribution in [3.05, 3.63) is 33.9 Å². The fourth-order valence-corrected chi connectivity index (χ4v) is 1.76. The molecule has 1 aromatic rings. The lowest BCUT2D eigenvalue weighted by molar-refractivity contribution is -0.385. The second-order valence-electron chi connectivity index (χ2n) is 3.02. The van der Waals surface area contributed by atoms with E-state index in [1.807, 2.05) is 0 Å². The number of nitro benzene ring substituents is 1. The molecule has 0 radical (unpaired) electrons. The van der Waals surface area contributed by atoms with Gasteiger partial charge >= 0.3 is 0 Å². The van der Waals surface area contributed by atoms with Gasteiger partial charge in [-0.05, 0) is 12.1 Å². The van der Waals surface area contributed by atoms with Crippen LogP contribution in [0.2, 0.25) is 0 Å². The van der Waals surface area contributed by atoms with E-state index in [0.717, 1.165) is 12.3 Å². The van der Waals surface area contributed by atoms with Crippen LogP contribution in [-0.2, 0) is 16.4 Å². The van der Waals surface area contributed by atoms with Crippen LogP contribution < -0.4 is 5.73 Å². The number of benzene rings is 1. The first-order valence-electron chi connectivity index (χ1n) is 4.03. The summed E-state index contributed by atoms with van der Waals surface area (Å²) in [6, 6.07) is 3.69. The molecule has 1 rings (SSSR count). The van der Waals surface area contributed by atoms with Gasteiger partial charge in [-0.1, -0.05) is 0 Å². The van der Waals surface area contributed by atoms with Gasteiger partial charge in [-0.15, -0.1) is 0 Å². The zero-order chi connectivity index (χ0) is 11.6. The van der Waals surface area contributed by atoms with E-state index in [1.165, 1.54) is 12.1 Å². The van der Waals surface area contributed by atoms with Gasteiger partial charge in [-0.3, -0.25) is 10.1 Å². The van der Waals surface area contributed by atoms with Crippen LogP contribution >= 0.6 is 0 Å². The van der Waals surface area contributed by atoms with Gasteiger partial charge in [0.2, 0.25) is 0 Å². The Morgan fingerprint density at radius 1 is 1.47 bits per heavy atom. The normalized spacial score (nSPS) is 11.3. The maximum absolute atomic E-state index is 11.2. The predicted octanol–water partition coefficient (Wildman–Crippen LogP) is 0.457. The van der Waals surface area contributed by atoms with Gasteiger partial charge in [0.25, 0.3) is 5.69 Å². The van der Waals surface area contributed by atoms with Crippen molar-refractivity contribution < 1.29 is 13.3 Å². The molecule has 15 heavy (non-hydrogen) atoms. The second kappa shape index (κ2) is 3.95. The standard InChI is InChI=1S/C8H10N2O4S/c1-15(13,14)7-3-2-6(5-9)8(4-7)10(11)12/h2-4H,5,9H2,1H3. The van der Waals surface area contributed by atoms with Gasteiger partial charge in [-0.25, -0.2) is 8.42 Å². The first-order chi connectivity index (χ1) is 6.86. The molecule has 0 unspecified atom stereocenters. The lowest BCUT2D eigenvalue weighted by Crippen LogP contribution is -2.04. The van der Waals surface area contributed by atoms with Gasteiger partial charge in [0, 0.05) is 24.4 Å². The van der Waals surface area contributed by atoms with Gasteiger partial charge in [-0.2, -0.15) is 0 Å². The highest BCUT2D eigenvalue weighted by molar-refractivity contribution is 7.90. The van der Waals surface area contributed by atoms with Crippen molar-refractivity contribution >= 4 is 15.5 Å². The number of nitrogens with zero attached hydrogens (tertiary/aromatic N) is 1. The van der Waals surface area contributed by atoms with E-state index in [9.17, 15) is 18.5 Å². The maximum atomic E-state index is 11.2. The molecule has 0 heterocycles. The molecule has 0 aromatic heterocycles. The number of hydrogen-bond acceptors (Lipinski definition) is 5. The molecule has 0 bridgehead atoms. The molecular weight excluding hydrogens is 220 g/mol. The second-order valence-corrected chi connectivity index (χ2v) is 5.04. The highest BCUT2D eigenvalue weighted by atomic mass is 32.2. The first kappa shape index (κ1) is 11.6. The van der Waals surface area contributed by atoms with E-state index >= 15 is 0 Å². The highest BCUT2D eigenvalue weighted by Gasteiger charge is 2.17. The summed E-state index contributed by atoms with van der Waals surface area (Å²) in [5, 5.41) is 10.6. The van der Waals surface area contributed by atoms with E-state index in [1.54, 1.807) is 0 Å². The van der Waals surface area contributed by atoms with Gasteiger partial charge < -0.3 is 5.73 Å². The molecule has 0 aliphatic heterocycles. The van der Waals surface area contributed by atoms with Crippen molar-refractivity contribution in [2.75, 3.05) is 6.26 Å². The van der Waals surface area contributed by atoms with Gasteiger partial charge in [0.15, 0.2) is 9.84 Å². The fourth-order valence-electron chi connectivity index (χ4n) is 1.12. The smallest absolute Gasteiger partial charge is 0.275 e. The zero-order valence-electron chi connectivity index (χ0n) is 8.00. The summed E-state index contributed by atoms with van der Waals surface area (Å²) in [5.41, 5.74) is 5.34. The Hall–Kier alpha value is -1.47. The summed E-state index contributed by atoms with van der Waals surface area (Å²) in [4.78, 5) is 9.90. The molecule has 0 fully saturated rings. The fraction of sp³-hybridized carbons (Fsp3) is 0.250. The Bertz CT molecular complexity index is 495. The zero-order valence-corrected chi connectivity index (χ0v) is 8.82. The van der Waals surface area contributed by atoms with Gasteiger partial charge in [0.1, 0.15) is 0 Å². The van der Waals surface area contributed by atoms with Crippen molar-refractivity contribution in [1.29, 1.82) is 0 Å². The number of sulfone groups is 1. The molecule has 0 saturated heterocycles. The molecular formula is C8H10N2O4S. The van der Waals surface area contributed by atoms with Crippen LogP contribution in [0.25, 0.3) is 0 Å². The average Bonchev–Trinajstić information content (AvgIpc) is 2.15. The molecule has 82 valence electrons. The SMILES string of the molecule is CS(=O)(=O)c1ccc(CN)c([N+](=O)[O-])c1. The summed E-state index contributed by atoms with van der Waals surface area (Å²) in [7, 11) is -3.43. The predicted molar refractivity (Wildman–Crippen MR) is 54.1 cm³/mol. The van der Waals surface area contributed by atoms with Crippen LogP contribution in [0.5, 0.6) is 0 Å². The Kier molecular flexibility index (Phi) is 3.06. The summed E-state index contributed by atoms with van der Waals surface area (Å²) in [5.74, 6) is 0. The van der Waals surface area contributed by atoms with Crippen molar-refractivity contribution in [3.63, 3.8) is 0 Å². The van der Waals surface area contributed by atoms with E-state index in [4.69, 9.17) is 5.73 Å². The number of rotatable bonds is 3. The monoisotopic (exact) mass is 230 g/mol. The van der Waals surface area contributed by atoms with Crippen LogP contribution in [0, 0.1) is 10.1 Å². The van der Waals surface area contributed by atoms with E-state index in [2.05, 4.69) is 0 Å². The molecule has 2 N–H and O–H groups in total. The van der Waals surface area contributed by atoms with Crippen molar-refractivity contribution in [3.8, 4) is 0 Å². The summed E-state index contributed by atoms with van der Waals surface area (Å²) >= 11 is 0. The van der Waals surface area contributed by atoms with Crippen LogP contribution in [0.4, 0.5) is 5.69 Å². The van der Waals surface area contributed by atoms with E-state index in [-0.39, 0.29) is 17.1 Å². The molecule has 0 spiro atoms. The lowest BCUT2D eigenvalue weighted by atomic mass is 10.2. The minimum atomic E-state index is -3.43. The third-order valence-electron chi connectivity index (χ3n) is 1.90. The Morgan fingerprint density at radius 2 is 2.07 bits per heavy atom. The Labute approximate surface area is 86.8 Å². The summed E-state index contributed by atoms with van der Waals surface area (Å²) < 4.78 is 22.3. The van der Waals surface area contributed by atoms with E-state index in [0.29, 0.717) is 5.56 Å². The van der Waals surface area contributed by atoms with Crippen molar-refractivity contribution in [2.24, 2.45) is 5.73 Å². The largest absolute Gasteiger partial charge is 0.326 e. The minimum Gasteiger partial charge on any atom is -0.326 e. The van der Waals surface area contributed by atoms with Crippen molar-refractivity contribution in [2.45, 2.75) is 11.4 Å². The van der Waals surface area contributed by atoms with Crippen LogP contribution in [0.1, 0.15) is 5.56 Å². The molecule has 0 saturated carbocycles. The Morgan fingerprint density at radius 3 is 2.47 bits per heavy atom. The molecule has 0 amide bonds. The third kappa shape index (κ3) is 2.51. The minimum absolute atomic E-state index is 0.000352. The molecule has 6 nitrogen and oxygen atoms in total. The highest BCUT2D eigenvalue weighted by Crippen LogP contribution is 2.22. The first-order valence-corrected chi connectivity index (χ1v) is 5.93. The molecule has 0 atom stereocenters. The molecule has 0 aliphatic carbocycles. The van der Waals surface area contributed by atoms with Crippen LogP contribution in [0.3, 0.4) is 0 Å². The third-order valence-corrected chi connectivity index (χ3v) is 3.01. The van der Waals surface area contributed by atoms with Crippen molar-refractivity contribution in [1.82, 2.24) is 0 Å². The molecule has 7 heteroatoms.